The summed E-state index contributed by atoms with van der Waals surface area (Å²) in [5.74, 6) is 5.33. The minimum absolute atomic E-state index is 0.0736. The molecule has 0 aliphatic carbocycles. The van der Waals surface area contributed by atoms with Gasteiger partial charge in [0, 0.05) is 25.1 Å². The predicted octanol–water partition coefficient (Wildman–Crippen LogP) is 0.984. The molecule has 0 fully saturated rings. The summed E-state index contributed by atoms with van der Waals surface area (Å²) in [7, 11) is 0. The van der Waals surface area contributed by atoms with E-state index < -0.39 is 0 Å². The lowest BCUT2D eigenvalue weighted by atomic mass is 10.2. The molecule has 3 N–H and O–H groups in total. The average Bonchev–Trinajstić information content (AvgIpc) is 2.91. The van der Waals surface area contributed by atoms with Gasteiger partial charge in [0.1, 0.15) is 11.5 Å². The zero-order chi connectivity index (χ0) is 15.7. The van der Waals surface area contributed by atoms with Crippen LogP contribution in [0.25, 0.3) is 0 Å². The number of aliphatic hydroxyl groups excluding tert-OH is 1. The van der Waals surface area contributed by atoms with Gasteiger partial charge in [0.2, 0.25) is 5.91 Å². The van der Waals surface area contributed by atoms with Gasteiger partial charge in [-0.3, -0.25) is 9.59 Å². The van der Waals surface area contributed by atoms with E-state index >= 15 is 0 Å². The second kappa shape index (κ2) is 9.16. The second-order valence-corrected chi connectivity index (χ2v) is 5.74. The molecule has 1 rings (SSSR count). The van der Waals surface area contributed by atoms with Gasteiger partial charge in [0.05, 0.1) is 0 Å². The quantitative estimate of drug-likeness (QED) is 0.686. The number of carbonyl (C=O) groups excluding carboxylic acids is 2. The lowest BCUT2D eigenvalue weighted by Gasteiger charge is -2.08. The van der Waals surface area contributed by atoms with Gasteiger partial charge in [-0.15, -0.1) is 11.3 Å². The highest BCUT2D eigenvalue weighted by molar-refractivity contribution is 7.12. The van der Waals surface area contributed by atoms with E-state index in [1.165, 1.54) is 11.3 Å². The molecule has 0 radical (unpaired) electrons. The van der Waals surface area contributed by atoms with E-state index in [1.54, 1.807) is 11.4 Å². The Bertz CT molecular complexity index is 541. The van der Waals surface area contributed by atoms with Crippen LogP contribution in [0.3, 0.4) is 0 Å². The van der Waals surface area contributed by atoms with Crippen LogP contribution in [0.5, 0.6) is 0 Å². The van der Waals surface area contributed by atoms with Crippen LogP contribution in [0.15, 0.2) is 11.4 Å². The molecule has 1 aromatic heterocycles. The molecule has 0 saturated carbocycles. The minimum Gasteiger partial charge on any atom is -0.384 e. The SMILES string of the molecule is CC(C)CNC(=O)CCNC(=O)c1sccc1C#CCO. The molecule has 0 spiro atoms. The van der Waals surface area contributed by atoms with E-state index in [9.17, 15) is 9.59 Å². The number of hydrogen-bond donors (Lipinski definition) is 3. The van der Waals surface area contributed by atoms with E-state index in [-0.39, 0.29) is 31.4 Å². The highest BCUT2D eigenvalue weighted by Crippen LogP contribution is 2.15. The van der Waals surface area contributed by atoms with Crippen LogP contribution in [-0.2, 0) is 4.79 Å². The van der Waals surface area contributed by atoms with Crippen LogP contribution in [0.1, 0.15) is 35.5 Å². The molecule has 1 heterocycles. The van der Waals surface area contributed by atoms with Gasteiger partial charge in [-0.25, -0.2) is 0 Å². The number of carbonyl (C=O) groups is 2. The Labute approximate surface area is 128 Å². The first-order valence-electron chi connectivity index (χ1n) is 6.76. The Hall–Kier alpha value is -1.84. The van der Waals surface area contributed by atoms with Gasteiger partial charge < -0.3 is 15.7 Å². The van der Waals surface area contributed by atoms with Gasteiger partial charge in [-0.05, 0) is 17.4 Å². The van der Waals surface area contributed by atoms with Gasteiger partial charge in [-0.2, -0.15) is 0 Å². The van der Waals surface area contributed by atoms with Crippen LogP contribution in [0, 0.1) is 17.8 Å². The molecule has 0 saturated heterocycles. The van der Waals surface area contributed by atoms with Crippen LogP contribution in [0.2, 0.25) is 0 Å². The van der Waals surface area contributed by atoms with Crippen LogP contribution >= 0.6 is 11.3 Å². The molecular weight excluding hydrogens is 288 g/mol. The van der Waals surface area contributed by atoms with Crippen molar-refractivity contribution in [1.82, 2.24) is 10.6 Å². The predicted molar refractivity (Wildman–Crippen MR) is 83.1 cm³/mol. The largest absolute Gasteiger partial charge is 0.384 e. The molecule has 5 nitrogen and oxygen atoms in total. The van der Waals surface area contributed by atoms with Crippen molar-refractivity contribution in [3.05, 3.63) is 21.9 Å². The van der Waals surface area contributed by atoms with E-state index in [0.717, 1.165) is 0 Å². The molecular formula is C15H20N2O3S. The molecule has 1 aromatic rings. The monoisotopic (exact) mass is 308 g/mol. The number of rotatable bonds is 6. The first-order chi connectivity index (χ1) is 10.0. The van der Waals surface area contributed by atoms with Crippen LogP contribution < -0.4 is 10.6 Å². The third-order valence-electron chi connectivity index (χ3n) is 2.52. The number of nitrogens with one attached hydrogen (secondary N) is 2. The fourth-order valence-electron chi connectivity index (χ4n) is 1.49. The lowest BCUT2D eigenvalue weighted by Crippen LogP contribution is -2.32. The van der Waals surface area contributed by atoms with Crippen LogP contribution in [-0.4, -0.2) is 36.6 Å². The summed E-state index contributed by atoms with van der Waals surface area (Å²) in [5.41, 5.74) is 0.593. The molecule has 0 bridgehead atoms. The number of aliphatic hydroxyl groups is 1. The summed E-state index contributed by atoms with van der Waals surface area (Å²) in [6.45, 7) is 4.72. The van der Waals surface area contributed by atoms with Gasteiger partial charge in [0.15, 0.2) is 0 Å². The standard InChI is InChI=1S/C15H20N2O3S/c1-11(2)10-17-13(19)5-7-16-15(20)14-12(4-3-8-18)6-9-21-14/h6,9,11,18H,5,7-8,10H2,1-2H3,(H,16,20)(H,17,19). The maximum Gasteiger partial charge on any atom is 0.262 e. The minimum atomic E-state index is -0.246. The zero-order valence-corrected chi connectivity index (χ0v) is 13.0. The Morgan fingerprint density at radius 2 is 2.14 bits per heavy atom. The summed E-state index contributed by atoms with van der Waals surface area (Å²) in [5, 5.41) is 15.9. The summed E-state index contributed by atoms with van der Waals surface area (Å²) in [4.78, 5) is 24.0. The lowest BCUT2D eigenvalue weighted by molar-refractivity contribution is -0.121. The highest BCUT2D eigenvalue weighted by atomic mass is 32.1. The number of amides is 2. The molecule has 2 amide bonds. The van der Waals surface area contributed by atoms with Gasteiger partial charge in [-0.1, -0.05) is 25.7 Å². The number of hydrogen-bond acceptors (Lipinski definition) is 4. The van der Waals surface area contributed by atoms with Crippen LogP contribution in [0.4, 0.5) is 0 Å². The summed E-state index contributed by atoms with van der Waals surface area (Å²) >= 11 is 1.28. The maximum absolute atomic E-state index is 12.0. The average molecular weight is 308 g/mol. The van der Waals surface area contributed by atoms with Crippen molar-refractivity contribution in [1.29, 1.82) is 0 Å². The van der Waals surface area contributed by atoms with E-state index in [4.69, 9.17) is 5.11 Å². The van der Waals surface area contributed by atoms with E-state index in [2.05, 4.69) is 22.5 Å². The van der Waals surface area contributed by atoms with Crippen molar-refractivity contribution < 1.29 is 14.7 Å². The fraction of sp³-hybridized carbons (Fsp3) is 0.467. The molecule has 0 atom stereocenters. The summed E-state index contributed by atoms with van der Waals surface area (Å²) in [6.07, 6.45) is 0.251. The topological polar surface area (TPSA) is 78.4 Å². The normalized spacial score (nSPS) is 9.90. The third kappa shape index (κ3) is 6.43. The third-order valence-corrected chi connectivity index (χ3v) is 3.43. The summed E-state index contributed by atoms with van der Waals surface area (Å²) < 4.78 is 0. The number of thiophene rings is 1. The van der Waals surface area contributed by atoms with Gasteiger partial charge >= 0.3 is 0 Å². The first-order valence-corrected chi connectivity index (χ1v) is 7.64. The molecule has 6 heteroatoms. The Morgan fingerprint density at radius 3 is 2.81 bits per heavy atom. The summed E-state index contributed by atoms with van der Waals surface area (Å²) in [6, 6.07) is 1.73. The first kappa shape index (κ1) is 17.2. The zero-order valence-electron chi connectivity index (χ0n) is 12.2. The molecule has 21 heavy (non-hydrogen) atoms. The van der Waals surface area contributed by atoms with Gasteiger partial charge in [0.25, 0.3) is 5.91 Å². The Morgan fingerprint density at radius 1 is 1.38 bits per heavy atom. The molecule has 114 valence electrons. The molecule has 0 unspecified atom stereocenters. The van der Waals surface area contributed by atoms with Crippen molar-refractivity contribution in [3.8, 4) is 11.8 Å². The smallest absolute Gasteiger partial charge is 0.262 e. The van der Waals surface area contributed by atoms with Crippen molar-refractivity contribution in [2.45, 2.75) is 20.3 Å². The highest BCUT2D eigenvalue weighted by Gasteiger charge is 2.12. The van der Waals surface area contributed by atoms with E-state index in [1.807, 2.05) is 13.8 Å². The molecule has 0 aliphatic heterocycles. The molecule has 0 aromatic carbocycles. The molecule has 0 aliphatic rings. The Kier molecular flexibility index (Phi) is 7.51. The Balaban J connectivity index is 2.41. The van der Waals surface area contributed by atoms with Crippen molar-refractivity contribution >= 4 is 23.2 Å². The maximum atomic E-state index is 12.0. The fourth-order valence-corrected chi connectivity index (χ4v) is 2.26. The second-order valence-electron chi connectivity index (χ2n) is 4.83. The van der Waals surface area contributed by atoms with E-state index in [0.29, 0.717) is 22.9 Å². The van der Waals surface area contributed by atoms with Crippen molar-refractivity contribution in [2.75, 3.05) is 19.7 Å². The van der Waals surface area contributed by atoms with Crippen molar-refractivity contribution in [2.24, 2.45) is 5.92 Å². The van der Waals surface area contributed by atoms with Crippen molar-refractivity contribution in [3.63, 3.8) is 0 Å².